The van der Waals surface area contributed by atoms with Gasteiger partial charge in [-0.05, 0) is 44.2 Å². The van der Waals surface area contributed by atoms with Gasteiger partial charge in [-0.1, -0.05) is 6.92 Å². The zero-order chi connectivity index (χ0) is 20.6. The molecule has 170 valence electrons. The number of anilines is 1. The van der Waals surface area contributed by atoms with Gasteiger partial charge in [-0.3, -0.25) is 4.99 Å². The number of hydrogen-bond donors (Lipinski definition) is 1. The van der Waals surface area contributed by atoms with Crippen molar-refractivity contribution in [3.05, 3.63) is 30.1 Å². The highest BCUT2D eigenvalue weighted by atomic mass is 127. The molecule has 2 aliphatic rings. The molecule has 2 fully saturated rings. The topological polar surface area (TPSA) is 37.4 Å². The zero-order valence-corrected chi connectivity index (χ0v) is 21.0. The standard InChI is InChI=1S/C22H37FN6.HI/c1-4-24-22(25-17-19(2)18-27-11-9-26(3)10-12-27)29-15-13-28(14-16-29)21-7-5-20(23)6-8-21;/h5-8,19H,4,9-18H2,1-3H3,(H,24,25);1H. The molecule has 0 aliphatic carbocycles. The summed E-state index contributed by atoms with van der Waals surface area (Å²) in [5.74, 6) is 1.39. The maximum absolute atomic E-state index is 13.2. The van der Waals surface area contributed by atoms with Crippen molar-refractivity contribution in [2.75, 3.05) is 83.9 Å². The van der Waals surface area contributed by atoms with Gasteiger partial charge in [-0.25, -0.2) is 4.39 Å². The van der Waals surface area contributed by atoms with Crippen LogP contribution in [0.2, 0.25) is 0 Å². The van der Waals surface area contributed by atoms with Gasteiger partial charge in [0.05, 0.1) is 0 Å². The van der Waals surface area contributed by atoms with Crippen LogP contribution in [0.4, 0.5) is 10.1 Å². The molecule has 30 heavy (non-hydrogen) atoms. The van der Waals surface area contributed by atoms with Gasteiger partial charge in [-0.2, -0.15) is 0 Å². The van der Waals surface area contributed by atoms with Crippen LogP contribution >= 0.6 is 24.0 Å². The van der Waals surface area contributed by atoms with Crippen molar-refractivity contribution in [3.63, 3.8) is 0 Å². The molecule has 0 saturated carbocycles. The minimum Gasteiger partial charge on any atom is -0.368 e. The summed E-state index contributed by atoms with van der Waals surface area (Å²) in [6.07, 6.45) is 0. The Bertz CT molecular complexity index is 640. The van der Waals surface area contributed by atoms with Crippen molar-refractivity contribution in [1.29, 1.82) is 0 Å². The van der Waals surface area contributed by atoms with Gasteiger partial charge in [0.1, 0.15) is 5.82 Å². The normalized spacial score (nSPS) is 20.1. The van der Waals surface area contributed by atoms with Gasteiger partial charge in [-0.15, -0.1) is 24.0 Å². The van der Waals surface area contributed by atoms with Crippen molar-refractivity contribution in [2.45, 2.75) is 13.8 Å². The Balaban J connectivity index is 0.00000320. The van der Waals surface area contributed by atoms with E-state index in [1.807, 2.05) is 12.1 Å². The van der Waals surface area contributed by atoms with E-state index in [1.165, 1.54) is 12.1 Å². The number of likely N-dealkylation sites (N-methyl/N-ethyl adjacent to an activating group) is 1. The van der Waals surface area contributed by atoms with Crippen molar-refractivity contribution < 1.29 is 4.39 Å². The van der Waals surface area contributed by atoms with Crippen LogP contribution in [0.15, 0.2) is 29.3 Å². The highest BCUT2D eigenvalue weighted by Gasteiger charge is 2.21. The molecule has 0 amide bonds. The molecule has 2 aliphatic heterocycles. The van der Waals surface area contributed by atoms with Crippen LogP contribution in [0, 0.1) is 11.7 Å². The molecule has 1 N–H and O–H groups in total. The van der Waals surface area contributed by atoms with E-state index < -0.39 is 0 Å². The molecule has 2 saturated heterocycles. The Morgan fingerprint density at radius 2 is 1.67 bits per heavy atom. The minimum atomic E-state index is -0.181. The highest BCUT2D eigenvalue weighted by Crippen LogP contribution is 2.17. The molecule has 0 bridgehead atoms. The average Bonchev–Trinajstić information content (AvgIpc) is 2.73. The lowest BCUT2D eigenvalue weighted by molar-refractivity contribution is 0.140. The van der Waals surface area contributed by atoms with E-state index in [-0.39, 0.29) is 29.8 Å². The predicted molar refractivity (Wildman–Crippen MR) is 135 cm³/mol. The van der Waals surface area contributed by atoms with Gasteiger partial charge in [0.2, 0.25) is 0 Å². The Morgan fingerprint density at radius 1 is 1.03 bits per heavy atom. The van der Waals surface area contributed by atoms with Gasteiger partial charge in [0.15, 0.2) is 5.96 Å². The molecule has 6 nitrogen and oxygen atoms in total. The van der Waals surface area contributed by atoms with E-state index in [2.05, 4.69) is 45.8 Å². The summed E-state index contributed by atoms with van der Waals surface area (Å²) in [6, 6.07) is 6.80. The summed E-state index contributed by atoms with van der Waals surface area (Å²) in [5.41, 5.74) is 1.09. The van der Waals surface area contributed by atoms with Crippen LogP contribution in [0.3, 0.4) is 0 Å². The van der Waals surface area contributed by atoms with Crippen LogP contribution in [-0.2, 0) is 0 Å². The predicted octanol–water partition coefficient (Wildman–Crippen LogP) is 2.41. The van der Waals surface area contributed by atoms with Crippen molar-refractivity contribution >= 4 is 35.6 Å². The summed E-state index contributed by atoms with van der Waals surface area (Å²) in [5, 5.41) is 3.47. The van der Waals surface area contributed by atoms with Crippen molar-refractivity contribution in [3.8, 4) is 0 Å². The zero-order valence-electron chi connectivity index (χ0n) is 18.7. The smallest absolute Gasteiger partial charge is 0.194 e. The second kappa shape index (κ2) is 12.7. The molecular formula is C22H38FIN6. The van der Waals surface area contributed by atoms with Crippen LogP contribution in [0.1, 0.15) is 13.8 Å². The first-order valence-electron chi connectivity index (χ1n) is 11.0. The Hall–Kier alpha value is -1.13. The van der Waals surface area contributed by atoms with Crippen molar-refractivity contribution in [2.24, 2.45) is 10.9 Å². The SMILES string of the molecule is CCNC(=NCC(C)CN1CCN(C)CC1)N1CCN(c2ccc(F)cc2)CC1.I. The van der Waals surface area contributed by atoms with Crippen LogP contribution in [0.5, 0.6) is 0 Å². The Labute approximate surface area is 198 Å². The van der Waals surface area contributed by atoms with E-state index in [4.69, 9.17) is 4.99 Å². The van der Waals surface area contributed by atoms with Crippen LogP contribution < -0.4 is 10.2 Å². The van der Waals surface area contributed by atoms with Gasteiger partial charge in [0, 0.05) is 77.7 Å². The molecule has 1 aromatic rings. The fourth-order valence-corrected chi connectivity index (χ4v) is 4.03. The Kier molecular flexibility index (Phi) is 10.6. The molecule has 1 aromatic carbocycles. The highest BCUT2D eigenvalue weighted by molar-refractivity contribution is 14.0. The van der Waals surface area contributed by atoms with Gasteiger partial charge >= 0.3 is 0 Å². The molecule has 0 radical (unpaired) electrons. The van der Waals surface area contributed by atoms with E-state index >= 15 is 0 Å². The lowest BCUT2D eigenvalue weighted by atomic mass is 10.1. The monoisotopic (exact) mass is 532 g/mol. The molecule has 0 spiro atoms. The number of piperazine rings is 2. The third-order valence-corrected chi connectivity index (χ3v) is 5.82. The summed E-state index contributed by atoms with van der Waals surface area (Å²) in [6.45, 7) is 15.6. The first kappa shape index (κ1) is 25.1. The second-order valence-electron chi connectivity index (χ2n) is 8.35. The summed E-state index contributed by atoms with van der Waals surface area (Å²) >= 11 is 0. The molecule has 3 rings (SSSR count). The molecule has 2 heterocycles. The van der Waals surface area contributed by atoms with E-state index in [9.17, 15) is 4.39 Å². The third-order valence-electron chi connectivity index (χ3n) is 5.82. The van der Waals surface area contributed by atoms with Crippen LogP contribution in [-0.4, -0.2) is 99.7 Å². The second-order valence-corrected chi connectivity index (χ2v) is 8.35. The quantitative estimate of drug-likeness (QED) is 0.346. The number of halogens is 2. The fourth-order valence-electron chi connectivity index (χ4n) is 4.03. The van der Waals surface area contributed by atoms with Crippen LogP contribution in [0.25, 0.3) is 0 Å². The largest absolute Gasteiger partial charge is 0.368 e. The summed E-state index contributed by atoms with van der Waals surface area (Å²) in [4.78, 5) is 14.6. The average molecular weight is 532 g/mol. The number of aliphatic imine (C=N–C) groups is 1. The number of nitrogens with zero attached hydrogens (tertiary/aromatic N) is 5. The molecule has 0 aromatic heterocycles. The lowest BCUT2D eigenvalue weighted by Crippen LogP contribution is -2.52. The summed E-state index contributed by atoms with van der Waals surface area (Å²) < 4.78 is 13.2. The number of nitrogens with one attached hydrogen (secondary N) is 1. The lowest BCUT2D eigenvalue weighted by Gasteiger charge is -2.38. The number of hydrogen-bond acceptors (Lipinski definition) is 4. The van der Waals surface area contributed by atoms with Gasteiger partial charge < -0.3 is 24.9 Å². The maximum atomic E-state index is 13.2. The Morgan fingerprint density at radius 3 is 2.27 bits per heavy atom. The number of rotatable bonds is 6. The van der Waals surface area contributed by atoms with E-state index in [0.717, 1.165) is 83.6 Å². The van der Waals surface area contributed by atoms with E-state index in [0.29, 0.717) is 5.92 Å². The van der Waals surface area contributed by atoms with E-state index in [1.54, 1.807) is 0 Å². The first-order chi connectivity index (χ1) is 14.0. The fraction of sp³-hybridized carbons (Fsp3) is 0.682. The molecule has 8 heteroatoms. The van der Waals surface area contributed by atoms with Crippen molar-refractivity contribution in [1.82, 2.24) is 20.0 Å². The molecular weight excluding hydrogens is 494 g/mol. The summed E-state index contributed by atoms with van der Waals surface area (Å²) in [7, 11) is 2.20. The molecule has 1 atom stereocenters. The first-order valence-corrected chi connectivity index (χ1v) is 11.0. The minimum absolute atomic E-state index is 0. The number of guanidine groups is 1. The third kappa shape index (κ3) is 7.53. The molecule has 1 unspecified atom stereocenters. The van der Waals surface area contributed by atoms with Gasteiger partial charge in [0.25, 0.3) is 0 Å². The number of benzene rings is 1. The maximum Gasteiger partial charge on any atom is 0.194 e.